The van der Waals surface area contributed by atoms with Gasteiger partial charge in [0.1, 0.15) is 11.8 Å². The molecule has 32 heavy (non-hydrogen) atoms. The number of thioether (sulfide) groups is 1. The number of nitrogens with one attached hydrogen (secondary N) is 1. The maximum absolute atomic E-state index is 13.3. The first-order chi connectivity index (χ1) is 15.5. The Labute approximate surface area is 196 Å². The zero-order valence-electron chi connectivity index (χ0n) is 19.7. The van der Waals surface area contributed by atoms with Crippen LogP contribution in [0.5, 0.6) is 5.75 Å². The highest BCUT2D eigenvalue weighted by molar-refractivity contribution is 7.98. The summed E-state index contributed by atoms with van der Waals surface area (Å²) in [5, 5.41) is 3.05. The zero-order valence-corrected chi connectivity index (χ0v) is 20.5. The maximum atomic E-state index is 13.3. The van der Waals surface area contributed by atoms with Crippen molar-refractivity contribution >= 4 is 23.6 Å². The number of hydrogen-bond donors (Lipinski definition) is 1. The van der Waals surface area contributed by atoms with E-state index in [2.05, 4.69) is 17.4 Å². The van der Waals surface area contributed by atoms with Crippen LogP contribution in [-0.4, -0.2) is 41.7 Å². The standard InChI is InChI=1S/C26H36N2O3S/c1-5-20(3)27-26(30)24(6-2)28(18-22-13-10-14-23(17-22)31-4)25(29)15-16-32-19-21-11-8-7-9-12-21/h7-14,17,20,24H,5-6,15-16,18-19H2,1-4H3,(H,27,30)/t20-,24-/m1/s1. The molecule has 1 N–H and O–H groups in total. The summed E-state index contributed by atoms with van der Waals surface area (Å²) < 4.78 is 5.33. The molecule has 0 aromatic heterocycles. The van der Waals surface area contributed by atoms with Gasteiger partial charge >= 0.3 is 0 Å². The minimum atomic E-state index is -0.498. The van der Waals surface area contributed by atoms with Gasteiger partial charge in [-0.1, -0.05) is 56.3 Å². The van der Waals surface area contributed by atoms with E-state index in [1.165, 1.54) is 5.56 Å². The second-order valence-electron chi connectivity index (χ2n) is 7.90. The van der Waals surface area contributed by atoms with E-state index < -0.39 is 6.04 Å². The summed E-state index contributed by atoms with van der Waals surface area (Å²) in [6.07, 6.45) is 1.81. The Morgan fingerprint density at radius 1 is 1.03 bits per heavy atom. The SMILES string of the molecule is CC[C@@H](C)NC(=O)[C@@H](CC)N(Cc1cccc(OC)c1)C(=O)CCSCc1ccccc1. The average Bonchev–Trinajstić information content (AvgIpc) is 2.82. The molecule has 0 spiro atoms. The summed E-state index contributed by atoms with van der Waals surface area (Å²) in [6, 6.07) is 17.5. The van der Waals surface area contributed by atoms with Gasteiger partial charge in [-0.05, 0) is 43.0 Å². The van der Waals surface area contributed by atoms with E-state index >= 15 is 0 Å². The number of benzene rings is 2. The highest BCUT2D eigenvalue weighted by Gasteiger charge is 2.29. The van der Waals surface area contributed by atoms with Gasteiger partial charge in [-0.3, -0.25) is 9.59 Å². The van der Waals surface area contributed by atoms with Gasteiger partial charge in [-0.25, -0.2) is 0 Å². The van der Waals surface area contributed by atoms with E-state index in [0.29, 0.717) is 25.1 Å². The first-order valence-corrected chi connectivity index (χ1v) is 12.5. The summed E-state index contributed by atoms with van der Waals surface area (Å²) in [6.45, 7) is 6.36. The molecule has 0 radical (unpaired) electrons. The van der Waals surface area contributed by atoms with E-state index in [4.69, 9.17) is 4.74 Å². The molecule has 0 heterocycles. The van der Waals surface area contributed by atoms with Gasteiger partial charge in [0.15, 0.2) is 0 Å². The van der Waals surface area contributed by atoms with Crippen molar-refractivity contribution in [2.75, 3.05) is 12.9 Å². The summed E-state index contributed by atoms with van der Waals surface area (Å²) in [4.78, 5) is 28.0. The lowest BCUT2D eigenvalue weighted by atomic mass is 10.1. The summed E-state index contributed by atoms with van der Waals surface area (Å²) in [5.41, 5.74) is 2.20. The fourth-order valence-electron chi connectivity index (χ4n) is 3.40. The van der Waals surface area contributed by atoms with Crippen molar-refractivity contribution in [2.45, 2.75) is 64.4 Å². The molecule has 0 fully saturated rings. The molecular formula is C26H36N2O3S. The molecule has 0 saturated carbocycles. The first-order valence-electron chi connectivity index (χ1n) is 11.3. The van der Waals surface area contributed by atoms with E-state index in [-0.39, 0.29) is 17.9 Å². The van der Waals surface area contributed by atoms with E-state index in [9.17, 15) is 9.59 Å². The van der Waals surface area contributed by atoms with Gasteiger partial charge in [0.25, 0.3) is 0 Å². The Balaban J connectivity index is 2.09. The molecular weight excluding hydrogens is 420 g/mol. The molecule has 0 bridgehead atoms. The number of carbonyl (C=O) groups excluding carboxylic acids is 2. The van der Waals surface area contributed by atoms with Gasteiger partial charge in [0.2, 0.25) is 11.8 Å². The molecule has 2 amide bonds. The molecule has 2 atom stereocenters. The fraction of sp³-hybridized carbons (Fsp3) is 0.462. The Hall–Kier alpha value is -2.47. The minimum absolute atomic E-state index is 0.000432. The second kappa shape index (κ2) is 13.8. The molecule has 6 heteroatoms. The quantitative estimate of drug-likeness (QED) is 0.429. The predicted molar refractivity (Wildman–Crippen MR) is 133 cm³/mol. The van der Waals surface area contributed by atoms with Crippen molar-refractivity contribution in [3.05, 3.63) is 65.7 Å². The van der Waals surface area contributed by atoms with Crippen LogP contribution in [0.3, 0.4) is 0 Å². The summed E-state index contributed by atoms with van der Waals surface area (Å²) in [5.74, 6) is 2.24. The topological polar surface area (TPSA) is 58.6 Å². The molecule has 174 valence electrons. The van der Waals surface area contributed by atoms with Crippen molar-refractivity contribution in [1.29, 1.82) is 0 Å². The van der Waals surface area contributed by atoms with Gasteiger partial charge in [0, 0.05) is 30.5 Å². The third kappa shape index (κ3) is 8.23. The summed E-state index contributed by atoms with van der Waals surface area (Å²) >= 11 is 1.74. The fourth-order valence-corrected chi connectivity index (χ4v) is 4.29. The highest BCUT2D eigenvalue weighted by atomic mass is 32.2. The second-order valence-corrected chi connectivity index (χ2v) is 9.01. The molecule has 5 nitrogen and oxygen atoms in total. The van der Waals surface area contributed by atoms with Crippen molar-refractivity contribution in [2.24, 2.45) is 0 Å². The number of amides is 2. The lowest BCUT2D eigenvalue weighted by molar-refractivity contribution is -0.141. The Morgan fingerprint density at radius 2 is 1.75 bits per heavy atom. The van der Waals surface area contributed by atoms with Crippen molar-refractivity contribution < 1.29 is 14.3 Å². The maximum Gasteiger partial charge on any atom is 0.243 e. The predicted octanol–water partition coefficient (Wildman–Crippen LogP) is 5.04. The Morgan fingerprint density at radius 3 is 2.41 bits per heavy atom. The molecule has 0 aliphatic heterocycles. The zero-order chi connectivity index (χ0) is 23.3. The number of carbonyl (C=O) groups is 2. The van der Waals surface area contributed by atoms with Crippen LogP contribution in [0.25, 0.3) is 0 Å². The normalized spacial score (nSPS) is 12.6. The number of rotatable bonds is 13. The van der Waals surface area contributed by atoms with Crippen LogP contribution in [-0.2, 0) is 21.9 Å². The molecule has 2 aromatic carbocycles. The van der Waals surface area contributed by atoms with Crippen molar-refractivity contribution in [1.82, 2.24) is 10.2 Å². The number of methoxy groups -OCH3 is 1. The van der Waals surface area contributed by atoms with Crippen LogP contribution in [0.2, 0.25) is 0 Å². The van der Waals surface area contributed by atoms with Crippen LogP contribution in [0, 0.1) is 0 Å². The number of hydrogen-bond acceptors (Lipinski definition) is 4. The largest absolute Gasteiger partial charge is 0.497 e. The first kappa shape index (κ1) is 25.8. The third-order valence-electron chi connectivity index (χ3n) is 5.45. The van der Waals surface area contributed by atoms with Crippen LogP contribution in [0.15, 0.2) is 54.6 Å². The molecule has 0 aliphatic rings. The highest BCUT2D eigenvalue weighted by Crippen LogP contribution is 2.19. The Bertz CT molecular complexity index is 844. The lowest BCUT2D eigenvalue weighted by Crippen LogP contribution is -2.50. The van der Waals surface area contributed by atoms with Crippen molar-refractivity contribution in [3.8, 4) is 5.75 Å². The van der Waals surface area contributed by atoms with Gasteiger partial charge < -0.3 is 15.0 Å². The minimum Gasteiger partial charge on any atom is -0.497 e. The Kier molecular flexibility index (Phi) is 11.2. The van der Waals surface area contributed by atoms with Crippen LogP contribution in [0.1, 0.15) is 51.2 Å². The summed E-state index contributed by atoms with van der Waals surface area (Å²) in [7, 11) is 1.63. The number of ether oxygens (including phenoxy) is 1. The number of nitrogens with zero attached hydrogens (tertiary/aromatic N) is 1. The van der Waals surface area contributed by atoms with Gasteiger partial charge in [-0.2, -0.15) is 11.8 Å². The molecule has 0 saturated heterocycles. The van der Waals surface area contributed by atoms with Crippen LogP contribution in [0.4, 0.5) is 0 Å². The van der Waals surface area contributed by atoms with Crippen LogP contribution >= 0.6 is 11.8 Å². The van der Waals surface area contributed by atoms with E-state index in [1.54, 1.807) is 23.8 Å². The smallest absolute Gasteiger partial charge is 0.243 e. The van der Waals surface area contributed by atoms with Gasteiger partial charge in [-0.15, -0.1) is 0 Å². The molecule has 2 rings (SSSR count). The van der Waals surface area contributed by atoms with Crippen LogP contribution < -0.4 is 10.1 Å². The van der Waals surface area contributed by atoms with Gasteiger partial charge in [0.05, 0.1) is 7.11 Å². The third-order valence-corrected chi connectivity index (χ3v) is 6.48. The van der Waals surface area contributed by atoms with E-state index in [1.807, 2.05) is 63.2 Å². The average molecular weight is 457 g/mol. The lowest BCUT2D eigenvalue weighted by Gasteiger charge is -2.31. The molecule has 2 aromatic rings. The van der Waals surface area contributed by atoms with Crippen molar-refractivity contribution in [3.63, 3.8) is 0 Å². The van der Waals surface area contributed by atoms with E-state index in [0.717, 1.165) is 23.5 Å². The monoisotopic (exact) mass is 456 g/mol. The molecule has 0 unspecified atom stereocenters. The molecule has 0 aliphatic carbocycles.